The molecule has 0 bridgehead atoms. The van der Waals surface area contributed by atoms with Crippen LogP contribution in [0.2, 0.25) is 5.02 Å². The third kappa shape index (κ3) is 4.18. The molecule has 0 saturated carbocycles. The van der Waals surface area contributed by atoms with Crippen molar-refractivity contribution in [3.05, 3.63) is 40.2 Å². The van der Waals surface area contributed by atoms with Gasteiger partial charge in [0.25, 0.3) is 0 Å². The molecule has 5 heteroatoms. The van der Waals surface area contributed by atoms with Crippen molar-refractivity contribution in [3.63, 3.8) is 0 Å². The van der Waals surface area contributed by atoms with E-state index < -0.39 is 0 Å². The van der Waals surface area contributed by atoms with Gasteiger partial charge in [-0.05, 0) is 18.6 Å². The van der Waals surface area contributed by atoms with Gasteiger partial charge in [0.05, 0.1) is 24.7 Å². The monoisotopic (exact) mass is 363 g/mol. The average Bonchev–Trinajstić information content (AvgIpc) is 2.92. The van der Waals surface area contributed by atoms with Gasteiger partial charge in [0.15, 0.2) is 0 Å². The molecule has 1 amide bonds. The Hall–Kier alpha value is -1.36. The molecule has 3 rings (SSSR count). The quantitative estimate of drug-likeness (QED) is 0.786. The first kappa shape index (κ1) is 17.5. The van der Waals surface area contributed by atoms with E-state index in [0.29, 0.717) is 6.04 Å². The molecule has 1 saturated heterocycles. The molecule has 1 aliphatic rings. The van der Waals surface area contributed by atoms with Crippen molar-refractivity contribution in [2.24, 2.45) is 0 Å². The van der Waals surface area contributed by atoms with Crippen molar-refractivity contribution in [3.8, 4) is 0 Å². The molecule has 1 fully saturated rings. The molecular formula is C19H24ClN2OS+. The zero-order chi connectivity index (χ0) is 16.9. The first-order valence-electron chi connectivity index (χ1n) is 8.66. The van der Waals surface area contributed by atoms with E-state index in [9.17, 15) is 4.79 Å². The van der Waals surface area contributed by atoms with Gasteiger partial charge in [-0.15, -0.1) is 11.3 Å². The Morgan fingerprint density at radius 3 is 2.83 bits per heavy atom. The Labute approximate surface area is 152 Å². The van der Waals surface area contributed by atoms with Crippen molar-refractivity contribution >= 4 is 45.0 Å². The number of rotatable bonds is 5. The van der Waals surface area contributed by atoms with E-state index in [1.54, 1.807) is 22.3 Å². The fourth-order valence-corrected chi connectivity index (χ4v) is 4.71. The van der Waals surface area contributed by atoms with E-state index in [1.807, 2.05) is 24.3 Å². The van der Waals surface area contributed by atoms with Crippen LogP contribution in [0, 0.1) is 0 Å². The van der Waals surface area contributed by atoms with Crippen LogP contribution in [0.25, 0.3) is 16.2 Å². The van der Waals surface area contributed by atoms with Gasteiger partial charge in [-0.25, -0.2) is 0 Å². The first-order chi connectivity index (χ1) is 11.7. The van der Waals surface area contributed by atoms with Gasteiger partial charge in [-0.2, -0.15) is 0 Å². The SMILES string of the molecule is CCC[NH+]1CCC(NC(=O)/C=C/c2sc3ccccc3c2Cl)CC1. The van der Waals surface area contributed by atoms with Crippen LogP contribution in [0.1, 0.15) is 31.1 Å². The van der Waals surface area contributed by atoms with Crippen LogP contribution >= 0.6 is 22.9 Å². The average molecular weight is 364 g/mol. The Morgan fingerprint density at radius 1 is 1.38 bits per heavy atom. The molecule has 2 aromatic rings. The lowest BCUT2D eigenvalue weighted by Crippen LogP contribution is -3.13. The van der Waals surface area contributed by atoms with Crippen molar-refractivity contribution in [2.45, 2.75) is 32.2 Å². The number of benzene rings is 1. The van der Waals surface area contributed by atoms with E-state index in [2.05, 4.69) is 18.3 Å². The minimum Gasteiger partial charge on any atom is -0.349 e. The number of halogens is 1. The predicted molar refractivity (Wildman–Crippen MR) is 103 cm³/mol. The second kappa shape index (κ2) is 8.15. The first-order valence-corrected chi connectivity index (χ1v) is 9.86. The molecule has 24 heavy (non-hydrogen) atoms. The van der Waals surface area contributed by atoms with Gasteiger partial charge in [-0.1, -0.05) is 36.7 Å². The number of quaternary nitrogens is 1. The number of amides is 1. The highest BCUT2D eigenvalue weighted by Crippen LogP contribution is 2.35. The number of fused-ring (bicyclic) bond motifs is 1. The molecule has 0 radical (unpaired) electrons. The molecule has 1 aliphatic heterocycles. The zero-order valence-electron chi connectivity index (χ0n) is 14.0. The van der Waals surface area contributed by atoms with E-state index in [1.165, 1.54) is 13.0 Å². The Kier molecular flexibility index (Phi) is 5.93. The number of carbonyl (C=O) groups excluding carboxylic acids is 1. The largest absolute Gasteiger partial charge is 0.349 e. The standard InChI is InChI=1S/C19H23ClN2OS/c1-2-11-22-12-9-14(10-13-22)21-18(23)8-7-17-19(20)15-5-3-4-6-16(15)24-17/h3-8,14H,2,9-13H2,1H3,(H,21,23)/p+1/b8-7+. The van der Waals surface area contributed by atoms with E-state index in [0.717, 1.165) is 45.9 Å². The molecule has 0 spiro atoms. The van der Waals surface area contributed by atoms with Crippen LogP contribution < -0.4 is 10.2 Å². The molecular weight excluding hydrogens is 340 g/mol. The number of carbonyl (C=O) groups is 1. The van der Waals surface area contributed by atoms with Gasteiger partial charge in [0, 0.05) is 39.9 Å². The lowest BCUT2D eigenvalue weighted by molar-refractivity contribution is -0.905. The highest BCUT2D eigenvalue weighted by molar-refractivity contribution is 7.20. The van der Waals surface area contributed by atoms with Crippen molar-refractivity contribution in [2.75, 3.05) is 19.6 Å². The molecule has 0 atom stereocenters. The van der Waals surface area contributed by atoms with Gasteiger partial charge in [0.1, 0.15) is 0 Å². The molecule has 0 unspecified atom stereocenters. The summed E-state index contributed by atoms with van der Waals surface area (Å²) < 4.78 is 1.15. The predicted octanol–water partition coefficient (Wildman–Crippen LogP) is 3.14. The minimum absolute atomic E-state index is 0.0209. The molecule has 128 valence electrons. The van der Waals surface area contributed by atoms with E-state index in [4.69, 9.17) is 11.6 Å². The second-order valence-electron chi connectivity index (χ2n) is 6.39. The molecule has 3 nitrogen and oxygen atoms in total. The lowest BCUT2D eigenvalue weighted by atomic mass is 10.0. The summed E-state index contributed by atoms with van der Waals surface area (Å²) >= 11 is 8.02. The van der Waals surface area contributed by atoms with E-state index >= 15 is 0 Å². The highest BCUT2D eigenvalue weighted by Gasteiger charge is 2.22. The third-order valence-electron chi connectivity index (χ3n) is 4.59. The van der Waals surface area contributed by atoms with Crippen LogP contribution in [-0.4, -0.2) is 31.6 Å². The summed E-state index contributed by atoms with van der Waals surface area (Å²) in [4.78, 5) is 14.8. The zero-order valence-corrected chi connectivity index (χ0v) is 15.6. The molecule has 2 N–H and O–H groups in total. The number of thiophene rings is 1. The summed E-state index contributed by atoms with van der Waals surface area (Å²) in [7, 11) is 0. The molecule has 2 heterocycles. The molecule has 0 aliphatic carbocycles. The summed E-state index contributed by atoms with van der Waals surface area (Å²) in [6, 6.07) is 8.35. The topological polar surface area (TPSA) is 33.5 Å². The maximum Gasteiger partial charge on any atom is 0.244 e. The Morgan fingerprint density at radius 2 is 2.12 bits per heavy atom. The molecule has 1 aromatic carbocycles. The maximum atomic E-state index is 12.2. The fourth-order valence-electron chi connectivity index (χ4n) is 3.31. The number of nitrogens with one attached hydrogen (secondary N) is 2. The smallest absolute Gasteiger partial charge is 0.244 e. The summed E-state index contributed by atoms with van der Waals surface area (Å²) in [5.41, 5.74) is 0. The van der Waals surface area contributed by atoms with Crippen LogP contribution in [0.3, 0.4) is 0 Å². The van der Waals surface area contributed by atoms with Crippen molar-refractivity contribution in [1.29, 1.82) is 0 Å². The van der Waals surface area contributed by atoms with Crippen molar-refractivity contribution in [1.82, 2.24) is 5.32 Å². The summed E-state index contributed by atoms with van der Waals surface area (Å²) in [5.74, 6) is -0.0209. The third-order valence-corrected chi connectivity index (χ3v) is 6.24. The Bertz CT molecular complexity index is 732. The lowest BCUT2D eigenvalue weighted by Gasteiger charge is -2.29. The second-order valence-corrected chi connectivity index (χ2v) is 7.85. The fraction of sp³-hybridized carbons (Fsp3) is 0.421. The normalized spacial score (nSPS) is 21.4. The van der Waals surface area contributed by atoms with Gasteiger partial charge in [0.2, 0.25) is 5.91 Å². The van der Waals surface area contributed by atoms with Gasteiger partial charge >= 0.3 is 0 Å². The minimum atomic E-state index is -0.0209. The number of likely N-dealkylation sites (tertiary alicyclic amines) is 1. The van der Waals surface area contributed by atoms with E-state index in [-0.39, 0.29) is 5.91 Å². The summed E-state index contributed by atoms with van der Waals surface area (Å²) in [6.07, 6.45) is 6.81. The van der Waals surface area contributed by atoms with Crippen LogP contribution in [0.5, 0.6) is 0 Å². The molecule has 1 aromatic heterocycles. The number of hydrogen-bond donors (Lipinski definition) is 2. The van der Waals surface area contributed by atoms with Gasteiger partial charge in [-0.3, -0.25) is 4.79 Å². The van der Waals surface area contributed by atoms with Crippen LogP contribution in [0.15, 0.2) is 30.3 Å². The van der Waals surface area contributed by atoms with Crippen molar-refractivity contribution < 1.29 is 9.69 Å². The number of hydrogen-bond acceptors (Lipinski definition) is 2. The Balaban J connectivity index is 1.56. The maximum absolute atomic E-state index is 12.2. The van der Waals surface area contributed by atoms with Gasteiger partial charge < -0.3 is 10.2 Å². The number of piperidine rings is 1. The van der Waals surface area contributed by atoms with Crippen LogP contribution in [-0.2, 0) is 4.79 Å². The summed E-state index contributed by atoms with van der Waals surface area (Å²) in [6.45, 7) is 5.78. The van der Waals surface area contributed by atoms with Crippen LogP contribution in [0.4, 0.5) is 0 Å². The highest BCUT2D eigenvalue weighted by atomic mass is 35.5. The summed E-state index contributed by atoms with van der Waals surface area (Å²) in [5, 5.41) is 4.91.